The lowest BCUT2D eigenvalue weighted by atomic mass is 9.55. The molecule has 4 aliphatic rings. The van der Waals surface area contributed by atoms with Gasteiger partial charge in [-0.15, -0.1) is 0 Å². The van der Waals surface area contributed by atoms with E-state index in [0.29, 0.717) is 0 Å². The number of ketones is 2. The molecule has 5 rings (SSSR count). The zero-order valence-corrected chi connectivity index (χ0v) is 19.4. The minimum Gasteiger partial charge on any atom is -0.294 e. The van der Waals surface area contributed by atoms with E-state index in [1.54, 1.807) is 0 Å². The van der Waals surface area contributed by atoms with Gasteiger partial charge in [0.05, 0.1) is 0 Å². The van der Waals surface area contributed by atoms with Gasteiger partial charge in [0.15, 0.2) is 11.6 Å². The number of rotatable bonds is 2. The Morgan fingerprint density at radius 3 is 1.23 bits per heavy atom. The van der Waals surface area contributed by atoms with Gasteiger partial charge in [-0.25, -0.2) is 0 Å². The molecule has 4 atom stereocenters. The summed E-state index contributed by atoms with van der Waals surface area (Å²) in [5.74, 6) is 0.450. The third-order valence-corrected chi connectivity index (χ3v) is 11.3. The van der Waals surface area contributed by atoms with Crippen molar-refractivity contribution in [3.63, 3.8) is 0 Å². The molecule has 0 aliphatic heterocycles. The van der Waals surface area contributed by atoms with Crippen LogP contribution in [0.4, 0.5) is 0 Å². The summed E-state index contributed by atoms with van der Waals surface area (Å²) in [5.41, 5.74) is 1.97. The number of carbonyl (C=O) groups excluding carboxylic acids is 2. The van der Waals surface area contributed by atoms with Crippen molar-refractivity contribution in [2.75, 3.05) is 0 Å². The van der Waals surface area contributed by atoms with Crippen LogP contribution in [0.2, 0.25) is 0 Å². The van der Waals surface area contributed by atoms with Crippen molar-refractivity contribution in [3.8, 4) is 0 Å². The first kappa shape index (κ1) is 20.0. The van der Waals surface area contributed by atoms with Gasteiger partial charge < -0.3 is 0 Å². The Bertz CT molecular complexity index is 987. The van der Waals surface area contributed by atoms with E-state index in [4.69, 9.17) is 0 Å². The lowest BCUT2D eigenvalue weighted by Gasteiger charge is -2.47. The standard InChI is InChI=1S/C28H34O2/c1-17-21(29)25(7)13-15-27(17,23(25,3)4)19-11-9-10-12-20(19)28-16-14-26(8,24(28,5)6)22(30)18(28)2/h9-12H,1-2,13-16H2,3-8H3. The summed E-state index contributed by atoms with van der Waals surface area (Å²) in [5, 5.41) is 0. The van der Waals surface area contributed by atoms with E-state index in [2.05, 4.69) is 79.0 Å². The molecule has 0 radical (unpaired) electrons. The maximum atomic E-state index is 13.4. The van der Waals surface area contributed by atoms with Gasteiger partial charge in [-0.05, 0) is 58.8 Å². The normalized spacial score (nSPS) is 43.1. The molecule has 0 amide bonds. The molecule has 4 saturated carbocycles. The Balaban J connectivity index is 1.84. The monoisotopic (exact) mass is 402 g/mol. The van der Waals surface area contributed by atoms with E-state index < -0.39 is 0 Å². The minimum absolute atomic E-state index is 0.225. The van der Waals surface area contributed by atoms with Crippen LogP contribution in [0.1, 0.15) is 78.4 Å². The molecule has 0 saturated heterocycles. The fourth-order valence-corrected chi connectivity index (χ4v) is 8.47. The van der Waals surface area contributed by atoms with E-state index in [9.17, 15) is 9.59 Å². The van der Waals surface area contributed by atoms with Gasteiger partial charge in [-0.3, -0.25) is 9.59 Å². The second kappa shape index (κ2) is 5.09. The lowest BCUT2D eigenvalue weighted by molar-refractivity contribution is -0.126. The summed E-state index contributed by atoms with van der Waals surface area (Å²) >= 11 is 0. The lowest BCUT2D eigenvalue weighted by Crippen LogP contribution is -2.44. The van der Waals surface area contributed by atoms with Crippen LogP contribution in [0.15, 0.2) is 48.6 Å². The van der Waals surface area contributed by atoms with Crippen LogP contribution in [0.5, 0.6) is 0 Å². The van der Waals surface area contributed by atoms with Crippen LogP contribution in [0.25, 0.3) is 0 Å². The third kappa shape index (κ3) is 1.54. The summed E-state index contributed by atoms with van der Waals surface area (Å²) in [7, 11) is 0. The van der Waals surface area contributed by atoms with Gasteiger partial charge in [0.2, 0.25) is 0 Å². The SMILES string of the molecule is C=C1C(=O)C2(C)CCC1(c1ccccc1C13CCC(C)(C(=O)C1=C)C3(C)C)C2(C)C. The summed E-state index contributed by atoms with van der Waals surface area (Å²) in [6, 6.07) is 8.60. The van der Waals surface area contributed by atoms with Gasteiger partial charge in [0.25, 0.3) is 0 Å². The smallest absolute Gasteiger partial charge is 0.165 e. The van der Waals surface area contributed by atoms with Crippen molar-refractivity contribution in [2.45, 2.75) is 78.1 Å². The first-order valence-electron chi connectivity index (χ1n) is 11.4. The van der Waals surface area contributed by atoms with Crippen molar-refractivity contribution < 1.29 is 9.59 Å². The van der Waals surface area contributed by atoms with Crippen LogP contribution in [0.3, 0.4) is 0 Å². The predicted molar refractivity (Wildman–Crippen MR) is 120 cm³/mol. The van der Waals surface area contributed by atoms with Gasteiger partial charge in [-0.1, -0.05) is 79.0 Å². The average molecular weight is 403 g/mol. The Morgan fingerprint density at radius 2 is 0.967 bits per heavy atom. The summed E-state index contributed by atoms with van der Waals surface area (Å²) < 4.78 is 0. The highest BCUT2D eigenvalue weighted by atomic mass is 16.1. The van der Waals surface area contributed by atoms with E-state index >= 15 is 0 Å². The Hall–Kier alpha value is -1.96. The zero-order valence-electron chi connectivity index (χ0n) is 19.4. The molecule has 158 valence electrons. The van der Waals surface area contributed by atoms with Crippen LogP contribution in [-0.2, 0) is 20.4 Å². The quantitative estimate of drug-likeness (QED) is 0.561. The second-order valence-electron chi connectivity index (χ2n) is 11.9. The fourth-order valence-electron chi connectivity index (χ4n) is 8.47. The third-order valence-electron chi connectivity index (χ3n) is 11.3. The predicted octanol–water partition coefficient (Wildman–Crippen LogP) is 6.09. The van der Waals surface area contributed by atoms with Crippen molar-refractivity contribution in [2.24, 2.45) is 21.7 Å². The van der Waals surface area contributed by atoms with Crippen molar-refractivity contribution >= 4 is 11.6 Å². The first-order valence-corrected chi connectivity index (χ1v) is 11.4. The molecule has 0 spiro atoms. The van der Waals surface area contributed by atoms with Gasteiger partial charge in [0, 0.05) is 21.7 Å². The zero-order chi connectivity index (χ0) is 22.1. The van der Waals surface area contributed by atoms with E-state index in [0.717, 1.165) is 36.8 Å². The largest absolute Gasteiger partial charge is 0.294 e. The second-order valence-corrected chi connectivity index (χ2v) is 11.9. The number of fused-ring (bicyclic) bond motifs is 4. The molecule has 2 heteroatoms. The average Bonchev–Trinajstić information content (AvgIpc) is 3.13. The van der Waals surface area contributed by atoms with E-state index in [1.165, 1.54) is 11.1 Å². The van der Waals surface area contributed by atoms with Crippen molar-refractivity contribution in [3.05, 3.63) is 59.7 Å². The Kier molecular flexibility index (Phi) is 3.39. The van der Waals surface area contributed by atoms with Crippen LogP contribution < -0.4 is 0 Å². The van der Waals surface area contributed by atoms with Crippen molar-refractivity contribution in [1.82, 2.24) is 0 Å². The summed E-state index contributed by atoms with van der Waals surface area (Å²) in [4.78, 5) is 26.8. The first-order chi connectivity index (χ1) is 13.8. The Morgan fingerprint density at radius 1 is 0.633 bits per heavy atom. The molecule has 0 heterocycles. The van der Waals surface area contributed by atoms with E-state index in [-0.39, 0.29) is 44.1 Å². The highest BCUT2D eigenvalue weighted by molar-refractivity contribution is 6.08. The van der Waals surface area contributed by atoms with Crippen LogP contribution in [0, 0.1) is 21.7 Å². The number of hydrogen-bond acceptors (Lipinski definition) is 2. The molecule has 0 N–H and O–H groups in total. The number of benzene rings is 1. The molecule has 4 bridgehead atoms. The molecular formula is C28H34O2. The van der Waals surface area contributed by atoms with Gasteiger partial charge >= 0.3 is 0 Å². The maximum absolute atomic E-state index is 13.4. The maximum Gasteiger partial charge on any atom is 0.165 e. The van der Waals surface area contributed by atoms with Crippen LogP contribution >= 0.6 is 0 Å². The fraction of sp³-hybridized carbons (Fsp3) is 0.571. The molecule has 0 aromatic heterocycles. The molecule has 1 aromatic carbocycles. The number of hydrogen-bond donors (Lipinski definition) is 0. The number of allylic oxidation sites excluding steroid dienone is 2. The molecule has 1 aromatic rings. The van der Waals surface area contributed by atoms with Crippen LogP contribution in [-0.4, -0.2) is 11.6 Å². The number of Topliss-reactive ketones (excluding diaryl/α,β-unsaturated/α-hetero) is 2. The highest BCUT2D eigenvalue weighted by Crippen LogP contribution is 2.77. The molecular weight excluding hydrogens is 368 g/mol. The Labute approximate surface area is 180 Å². The van der Waals surface area contributed by atoms with Crippen molar-refractivity contribution in [1.29, 1.82) is 0 Å². The molecule has 4 unspecified atom stereocenters. The minimum atomic E-state index is -0.384. The summed E-state index contributed by atoms with van der Waals surface area (Å²) in [6.45, 7) is 22.0. The highest BCUT2D eigenvalue weighted by Gasteiger charge is 2.76. The van der Waals surface area contributed by atoms with Gasteiger partial charge in [-0.2, -0.15) is 0 Å². The number of carbonyl (C=O) groups is 2. The molecule has 2 nitrogen and oxygen atoms in total. The van der Waals surface area contributed by atoms with Gasteiger partial charge in [0.1, 0.15) is 0 Å². The summed E-state index contributed by atoms with van der Waals surface area (Å²) in [6.07, 6.45) is 3.65. The molecule has 4 fully saturated rings. The molecule has 4 aliphatic carbocycles. The molecule has 30 heavy (non-hydrogen) atoms. The van der Waals surface area contributed by atoms with E-state index in [1.807, 2.05) is 0 Å². The topological polar surface area (TPSA) is 34.1 Å².